The van der Waals surface area contributed by atoms with Gasteiger partial charge in [0.05, 0.1) is 15.7 Å². The maximum Gasteiger partial charge on any atom is 0.314 e. The Hall–Kier alpha value is -2.18. The van der Waals surface area contributed by atoms with Crippen LogP contribution in [-0.2, 0) is 9.59 Å². The molecule has 0 aromatic heterocycles. The van der Waals surface area contributed by atoms with E-state index in [9.17, 15) is 18.4 Å². The smallest absolute Gasteiger partial charge is 0.314 e. The van der Waals surface area contributed by atoms with Crippen molar-refractivity contribution in [1.82, 2.24) is 0 Å². The number of benzene rings is 2. The lowest BCUT2D eigenvalue weighted by atomic mass is 10.3. The molecule has 2 amide bonds. The van der Waals surface area contributed by atoms with Gasteiger partial charge in [0.2, 0.25) is 0 Å². The Morgan fingerprint density at radius 2 is 1.45 bits per heavy atom. The van der Waals surface area contributed by atoms with Crippen molar-refractivity contribution in [1.29, 1.82) is 0 Å². The topological polar surface area (TPSA) is 58.2 Å². The van der Waals surface area contributed by atoms with Gasteiger partial charge in [-0.25, -0.2) is 8.78 Å². The molecule has 0 aliphatic heterocycles. The summed E-state index contributed by atoms with van der Waals surface area (Å²) in [6.45, 7) is 0. The van der Waals surface area contributed by atoms with Gasteiger partial charge < -0.3 is 10.6 Å². The Balaban J connectivity index is 2.09. The minimum absolute atomic E-state index is 0.0655. The Bertz CT molecular complexity index is 733. The Morgan fingerprint density at radius 1 is 0.864 bits per heavy atom. The molecular formula is C14H8Cl2F2N2O2. The fourth-order valence-electron chi connectivity index (χ4n) is 1.55. The van der Waals surface area contributed by atoms with Crippen LogP contribution in [0.5, 0.6) is 0 Å². The highest BCUT2D eigenvalue weighted by Crippen LogP contribution is 2.29. The summed E-state index contributed by atoms with van der Waals surface area (Å²) in [6, 6.07) is 7.23. The minimum atomic E-state index is -1.15. The van der Waals surface area contributed by atoms with Crippen molar-refractivity contribution in [2.45, 2.75) is 0 Å². The third kappa shape index (κ3) is 3.72. The summed E-state index contributed by atoms with van der Waals surface area (Å²) in [6.07, 6.45) is 0. The zero-order chi connectivity index (χ0) is 16.3. The molecule has 0 radical (unpaired) electrons. The van der Waals surface area contributed by atoms with Crippen LogP contribution in [0.4, 0.5) is 20.2 Å². The van der Waals surface area contributed by atoms with Crippen LogP contribution < -0.4 is 10.6 Å². The van der Waals surface area contributed by atoms with Crippen LogP contribution in [0.15, 0.2) is 36.4 Å². The molecule has 4 nitrogen and oxygen atoms in total. The van der Waals surface area contributed by atoms with Gasteiger partial charge in [0.1, 0.15) is 0 Å². The lowest BCUT2D eigenvalue weighted by molar-refractivity contribution is -0.132. The first-order chi connectivity index (χ1) is 10.4. The van der Waals surface area contributed by atoms with Crippen LogP contribution in [0, 0.1) is 11.6 Å². The summed E-state index contributed by atoms with van der Waals surface area (Å²) in [7, 11) is 0. The average Bonchev–Trinajstić information content (AvgIpc) is 2.46. The van der Waals surface area contributed by atoms with Gasteiger partial charge in [0, 0.05) is 11.8 Å². The number of hydrogen-bond donors (Lipinski definition) is 2. The first kappa shape index (κ1) is 16.2. The van der Waals surface area contributed by atoms with Crippen molar-refractivity contribution < 1.29 is 18.4 Å². The molecule has 8 heteroatoms. The second-order valence-corrected chi connectivity index (χ2v) is 4.95. The van der Waals surface area contributed by atoms with E-state index in [-0.39, 0.29) is 21.4 Å². The predicted octanol–water partition coefficient (Wildman–Crippen LogP) is 3.85. The van der Waals surface area contributed by atoms with Crippen molar-refractivity contribution in [3.8, 4) is 0 Å². The van der Waals surface area contributed by atoms with Gasteiger partial charge in [-0.2, -0.15) is 0 Å². The zero-order valence-corrected chi connectivity index (χ0v) is 12.3. The first-order valence-corrected chi connectivity index (χ1v) is 6.65. The van der Waals surface area contributed by atoms with Gasteiger partial charge in [0.15, 0.2) is 11.6 Å². The van der Waals surface area contributed by atoms with Crippen molar-refractivity contribution in [3.05, 3.63) is 58.1 Å². The molecule has 0 bridgehead atoms. The molecule has 0 aliphatic carbocycles. The van der Waals surface area contributed by atoms with Crippen molar-refractivity contribution in [2.75, 3.05) is 10.6 Å². The monoisotopic (exact) mass is 344 g/mol. The van der Waals surface area contributed by atoms with E-state index < -0.39 is 23.4 Å². The summed E-state index contributed by atoms with van der Waals surface area (Å²) < 4.78 is 25.8. The number of carbonyl (C=O) groups is 2. The molecule has 0 spiro atoms. The van der Waals surface area contributed by atoms with Gasteiger partial charge in [-0.05, 0) is 24.3 Å². The highest BCUT2D eigenvalue weighted by atomic mass is 35.5. The standard InChI is InChI=1S/C14H8Cl2F2N2O2/c15-8-2-1-3-9(16)12(8)20-14(22)13(21)19-7-4-5-10(17)11(18)6-7/h1-6H,(H,19,21)(H,20,22). The van der Waals surface area contributed by atoms with Crippen LogP contribution in [0.1, 0.15) is 0 Å². The number of amides is 2. The number of anilines is 2. The second kappa shape index (κ2) is 6.72. The Kier molecular flexibility index (Phi) is 4.95. The average molecular weight is 345 g/mol. The molecule has 114 valence electrons. The molecule has 2 aromatic carbocycles. The normalized spacial score (nSPS) is 10.2. The Morgan fingerprint density at radius 3 is 2.05 bits per heavy atom. The van der Waals surface area contributed by atoms with Gasteiger partial charge in [-0.15, -0.1) is 0 Å². The van der Waals surface area contributed by atoms with E-state index in [1.807, 2.05) is 0 Å². The van der Waals surface area contributed by atoms with Gasteiger partial charge in [-0.3, -0.25) is 9.59 Å². The summed E-state index contributed by atoms with van der Waals surface area (Å²) >= 11 is 11.7. The fraction of sp³-hybridized carbons (Fsp3) is 0. The predicted molar refractivity (Wildman–Crippen MR) is 80.1 cm³/mol. The minimum Gasteiger partial charge on any atom is -0.318 e. The molecule has 0 fully saturated rings. The van der Waals surface area contributed by atoms with Crippen molar-refractivity contribution in [3.63, 3.8) is 0 Å². The molecule has 22 heavy (non-hydrogen) atoms. The highest BCUT2D eigenvalue weighted by Gasteiger charge is 2.17. The van der Waals surface area contributed by atoms with Gasteiger partial charge in [-0.1, -0.05) is 29.3 Å². The zero-order valence-electron chi connectivity index (χ0n) is 10.8. The van der Waals surface area contributed by atoms with E-state index >= 15 is 0 Å². The maximum absolute atomic E-state index is 13.0. The maximum atomic E-state index is 13.0. The van der Waals surface area contributed by atoms with Crippen molar-refractivity contribution in [2.24, 2.45) is 0 Å². The molecule has 0 atom stereocenters. The molecule has 0 aliphatic rings. The number of para-hydroxylation sites is 1. The van der Waals surface area contributed by atoms with E-state index in [2.05, 4.69) is 10.6 Å². The molecule has 2 N–H and O–H groups in total. The Labute approximate surface area is 134 Å². The number of nitrogens with one attached hydrogen (secondary N) is 2. The van der Waals surface area contributed by atoms with Gasteiger partial charge in [0.25, 0.3) is 0 Å². The SMILES string of the molecule is O=C(Nc1ccc(F)c(F)c1)C(=O)Nc1c(Cl)cccc1Cl. The summed E-state index contributed by atoms with van der Waals surface area (Å²) in [4.78, 5) is 23.5. The summed E-state index contributed by atoms with van der Waals surface area (Å²) in [5.74, 6) is -4.35. The molecule has 0 saturated carbocycles. The number of carbonyl (C=O) groups excluding carboxylic acids is 2. The largest absolute Gasteiger partial charge is 0.318 e. The lowest BCUT2D eigenvalue weighted by Gasteiger charge is -2.09. The quantitative estimate of drug-likeness (QED) is 0.813. The van der Waals surface area contributed by atoms with E-state index in [0.717, 1.165) is 18.2 Å². The molecule has 2 rings (SSSR count). The number of halogens is 4. The van der Waals surface area contributed by atoms with Crippen LogP contribution in [0.3, 0.4) is 0 Å². The van der Waals surface area contributed by atoms with Crippen LogP contribution in [0.2, 0.25) is 10.0 Å². The number of hydrogen-bond acceptors (Lipinski definition) is 2. The third-order valence-electron chi connectivity index (χ3n) is 2.58. The van der Waals surface area contributed by atoms with E-state index in [1.54, 1.807) is 6.07 Å². The molecular weight excluding hydrogens is 337 g/mol. The molecule has 0 unspecified atom stereocenters. The van der Waals surface area contributed by atoms with Crippen LogP contribution in [0.25, 0.3) is 0 Å². The molecule has 0 saturated heterocycles. The second-order valence-electron chi connectivity index (χ2n) is 4.13. The van der Waals surface area contributed by atoms with Crippen LogP contribution >= 0.6 is 23.2 Å². The molecule has 0 heterocycles. The highest BCUT2D eigenvalue weighted by molar-refractivity contribution is 6.46. The van der Waals surface area contributed by atoms with E-state index in [0.29, 0.717) is 0 Å². The van der Waals surface area contributed by atoms with E-state index in [1.165, 1.54) is 12.1 Å². The van der Waals surface area contributed by atoms with Crippen LogP contribution in [-0.4, -0.2) is 11.8 Å². The lowest BCUT2D eigenvalue weighted by Crippen LogP contribution is -2.29. The summed E-state index contributed by atoms with van der Waals surface area (Å²) in [5.41, 5.74) is 0.0144. The van der Waals surface area contributed by atoms with E-state index in [4.69, 9.17) is 23.2 Å². The van der Waals surface area contributed by atoms with Gasteiger partial charge >= 0.3 is 11.8 Å². The molecule has 2 aromatic rings. The van der Waals surface area contributed by atoms with Crippen molar-refractivity contribution >= 4 is 46.4 Å². The number of rotatable bonds is 2. The first-order valence-electron chi connectivity index (χ1n) is 5.90. The third-order valence-corrected chi connectivity index (χ3v) is 3.21. The fourth-order valence-corrected chi connectivity index (χ4v) is 2.04. The summed E-state index contributed by atoms with van der Waals surface area (Å²) in [5, 5.41) is 4.68.